The largest absolute Gasteiger partial charge is 0.508 e. The Morgan fingerprint density at radius 1 is 0.944 bits per heavy atom. The lowest BCUT2D eigenvalue weighted by Crippen LogP contribution is -2.79. The summed E-state index contributed by atoms with van der Waals surface area (Å²) in [6, 6.07) is 20.1. The fraction of sp³-hybridized carbons (Fsp3) is 0.327. The van der Waals surface area contributed by atoms with Crippen LogP contribution in [0.1, 0.15) is 54.0 Å². The smallest absolute Gasteiger partial charge is 0.336 e. The standard InChI is InChI=1S/C52H50N4O16/c53-40-14-13-33(56-40)43(61)39(24-57)68-32-11-9-27(10-12-32)36-20-35(60)41-37(69-36)21-38(45(44(41)62)72-50(15-1-2-16-50)29-6-4-8-31(59)19-29)70-49-51(66)22-28(17-26-5-3-7-30(58)18-26)42(34-23-54-25-55-34)52(67,48(51)65)46(71-49)47(63)64/h3-14,18-22,25,36,39,42-43,46,48-49,53,57-62,65-67H,1-2,15-17,23-24H2,(H,63,64)/p+1. The molecule has 0 aromatic heterocycles. The van der Waals surface area contributed by atoms with Crippen LogP contribution in [0.4, 0.5) is 0 Å². The second-order valence-electron chi connectivity index (χ2n) is 18.6. The molecule has 2 bridgehead atoms. The van der Waals surface area contributed by atoms with Crippen LogP contribution in [0, 0.1) is 5.92 Å². The number of amidine groups is 1. The van der Waals surface area contributed by atoms with Crippen molar-refractivity contribution in [2.24, 2.45) is 20.9 Å². The Balaban J connectivity index is 1.05. The molecule has 1 saturated heterocycles. The number of nitrogens with two attached hydrogens (primary N) is 1. The highest BCUT2D eigenvalue weighted by Crippen LogP contribution is 2.57. The molecular formula is C52H51N4O16+. The minimum absolute atomic E-state index is 0.0576. The molecule has 4 aromatic carbocycles. The lowest BCUT2D eigenvalue weighted by molar-refractivity contribution is -0.338. The van der Waals surface area contributed by atoms with E-state index in [-0.39, 0.29) is 64.4 Å². The van der Waals surface area contributed by atoms with E-state index >= 15 is 0 Å². The number of aliphatic carboxylic acids is 1. The summed E-state index contributed by atoms with van der Waals surface area (Å²) in [6.45, 7) is -0.637. The number of aliphatic hydroxyl groups is 6. The van der Waals surface area contributed by atoms with Crippen molar-refractivity contribution < 1.29 is 85.0 Å². The average molecular weight is 988 g/mol. The van der Waals surface area contributed by atoms with E-state index in [0.29, 0.717) is 42.4 Å². The molecule has 1 saturated carbocycles. The number of fused-ring (bicyclic) bond motifs is 3. The summed E-state index contributed by atoms with van der Waals surface area (Å²) in [6.07, 6.45) is -1.48. The number of hydrogen-bond donors (Lipinski definition) is 11. The second kappa shape index (κ2) is 18.5. The van der Waals surface area contributed by atoms with Gasteiger partial charge in [0.2, 0.25) is 12.0 Å². The number of rotatable bonds is 15. The maximum atomic E-state index is 13.3. The summed E-state index contributed by atoms with van der Waals surface area (Å²) in [5.74, 6) is -4.96. The Morgan fingerprint density at radius 3 is 2.33 bits per heavy atom. The normalized spacial score (nSPS) is 27.7. The highest BCUT2D eigenvalue weighted by atomic mass is 16.7. The number of phenolic OH excluding ortho intramolecular Hbond substituents is 3. The maximum Gasteiger partial charge on any atom is 0.336 e. The summed E-state index contributed by atoms with van der Waals surface area (Å²) in [7, 11) is 0. The molecule has 4 aliphatic heterocycles. The van der Waals surface area contributed by atoms with Crippen LogP contribution in [0.3, 0.4) is 0 Å². The number of aliphatic hydroxyl groups excluding tert-OH is 4. The van der Waals surface area contributed by atoms with Crippen LogP contribution >= 0.6 is 0 Å². The predicted molar refractivity (Wildman–Crippen MR) is 255 cm³/mol. The van der Waals surface area contributed by atoms with E-state index in [2.05, 4.69) is 15.0 Å². The number of carboxylic acid groups (broad SMARTS) is 1. The minimum Gasteiger partial charge on any atom is -0.508 e. The van der Waals surface area contributed by atoms with E-state index in [0.717, 1.165) is 0 Å². The van der Waals surface area contributed by atoms with Crippen LogP contribution in [0.25, 0.3) is 5.76 Å². The van der Waals surface area contributed by atoms with Gasteiger partial charge >= 0.3 is 11.8 Å². The fourth-order valence-corrected chi connectivity index (χ4v) is 10.5. The fourth-order valence-electron chi connectivity index (χ4n) is 10.5. The molecule has 4 aromatic rings. The molecule has 72 heavy (non-hydrogen) atoms. The zero-order valence-electron chi connectivity index (χ0n) is 38.2. The number of phenols is 3. The van der Waals surface area contributed by atoms with Gasteiger partial charge in [0.25, 0.3) is 0 Å². The van der Waals surface area contributed by atoms with Gasteiger partial charge in [-0.1, -0.05) is 42.0 Å². The van der Waals surface area contributed by atoms with Crippen LogP contribution in [-0.4, -0.2) is 136 Å². The van der Waals surface area contributed by atoms with Crippen molar-refractivity contribution in [3.63, 3.8) is 0 Å². The molecule has 9 atom stereocenters. The first kappa shape index (κ1) is 48.1. The number of carbonyl (C=O) groups is 1. The summed E-state index contributed by atoms with van der Waals surface area (Å²) < 4.78 is 31.6. The van der Waals surface area contributed by atoms with Crippen molar-refractivity contribution in [3.8, 4) is 40.2 Å². The number of nitrogens with zero attached hydrogens (tertiary/aromatic N) is 3. The van der Waals surface area contributed by atoms with Gasteiger partial charge in [-0.2, -0.15) is 0 Å². The van der Waals surface area contributed by atoms with E-state index in [1.807, 2.05) is 0 Å². The first-order valence-corrected chi connectivity index (χ1v) is 23.1. The quantitative estimate of drug-likeness (QED) is 0.0761. The molecule has 2 fully saturated rings. The first-order valence-electron chi connectivity index (χ1n) is 23.1. The molecule has 0 radical (unpaired) electrons. The SMILES string of the molecule is [NH2+]=C1C=CC(C(O)C(CO)Oc2ccc(C3C=C(O)c4c(cc(OC5OC(C(=O)O)C6(O)C(C7=NC=NC7)C(Cc7cccc(O)c7)=CC5(O)C6O)c(OC5(c6cccc(O)c6)CCCC5)c4O)O3)cc2)=N1. The van der Waals surface area contributed by atoms with E-state index in [4.69, 9.17) is 29.1 Å². The van der Waals surface area contributed by atoms with Gasteiger partial charge in [-0.05, 0) is 102 Å². The molecule has 10 rings (SSSR count). The highest BCUT2D eigenvalue weighted by Gasteiger charge is 2.71. The van der Waals surface area contributed by atoms with E-state index < -0.39 is 95.1 Å². The third kappa shape index (κ3) is 8.40. The monoisotopic (exact) mass is 987 g/mol. The molecule has 12 N–H and O–H groups in total. The molecule has 0 amide bonds. The Labute approximate surface area is 410 Å². The van der Waals surface area contributed by atoms with Crippen molar-refractivity contribution in [1.29, 1.82) is 0 Å². The number of aliphatic imine (C=N–C) groups is 3. The topological polar surface area (TPSA) is 328 Å². The molecular weight excluding hydrogens is 937 g/mol. The number of hydrogen-bond acceptors (Lipinski definition) is 17. The molecule has 4 heterocycles. The molecule has 374 valence electrons. The number of ether oxygens (including phenoxy) is 5. The van der Waals surface area contributed by atoms with Crippen LogP contribution in [0.5, 0.6) is 40.2 Å². The van der Waals surface area contributed by atoms with Gasteiger partial charge in [0, 0.05) is 18.2 Å². The Hall–Kier alpha value is -7.59. The third-order valence-electron chi connectivity index (χ3n) is 14.0. The van der Waals surface area contributed by atoms with Crippen molar-refractivity contribution in [2.75, 3.05) is 13.2 Å². The van der Waals surface area contributed by atoms with Gasteiger partial charge in [0.05, 0.1) is 24.8 Å². The molecule has 20 heteroatoms. The van der Waals surface area contributed by atoms with Gasteiger partial charge in [0.1, 0.15) is 64.1 Å². The van der Waals surface area contributed by atoms with Crippen LogP contribution in [-0.2, 0) is 21.6 Å². The van der Waals surface area contributed by atoms with Crippen molar-refractivity contribution in [3.05, 3.63) is 131 Å². The summed E-state index contributed by atoms with van der Waals surface area (Å²) >= 11 is 0. The van der Waals surface area contributed by atoms with Gasteiger partial charge in [-0.3, -0.25) is 10.4 Å². The van der Waals surface area contributed by atoms with Crippen LogP contribution < -0.4 is 24.4 Å². The zero-order valence-corrected chi connectivity index (χ0v) is 38.2. The van der Waals surface area contributed by atoms with Gasteiger partial charge in [-0.25, -0.2) is 9.79 Å². The number of carboxylic acids is 1. The molecule has 20 nitrogen and oxygen atoms in total. The third-order valence-corrected chi connectivity index (χ3v) is 14.0. The van der Waals surface area contributed by atoms with E-state index in [9.17, 15) is 55.9 Å². The predicted octanol–water partition coefficient (Wildman–Crippen LogP) is 2.25. The van der Waals surface area contributed by atoms with Crippen molar-refractivity contribution in [2.45, 2.75) is 85.7 Å². The van der Waals surface area contributed by atoms with Gasteiger partial charge < -0.3 is 74.7 Å². The Bertz CT molecular complexity index is 3020. The van der Waals surface area contributed by atoms with Crippen molar-refractivity contribution >= 4 is 35.3 Å². The molecule has 9 unspecified atom stereocenters. The summed E-state index contributed by atoms with van der Waals surface area (Å²) in [5, 5.41) is 120. The zero-order chi connectivity index (χ0) is 50.7. The Kier molecular flexibility index (Phi) is 12.4. The van der Waals surface area contributed by atoms with E-state index in [1.54, 1.807) is 48.5 Å². The minimum atomic E-state index is -2.80. The lowest BCUT2D eigenvalue weighted by Gasteiger charge is -2.57. The average Bonchev–Trinajstić information content (AvgIpc) is 4.16. The first-order chi connectivity index (χ1) is 34.5. The summed E-state index contributed by atoms with van der Waals surface area (Å²) in [5.41, 5.74) is -4.93. The van der Waals surface area contributed by atoms with Gasteiger partial charge in [-0.15, -0.1) is 0 Å². The van der Waals surface area contributed by atoms with Gasteiger partial charge in [0.15, 0.2) is 41.1 Å². The second-order valence-corrected chi connectivity index (χ2v) is 18.6. The molecule has 6 aliphatic rings. The van der Waals surface area contributed by atoms with Crippen molar-refractivity contribution in [1.82, 2.24) is 0 Å². The molecule has 0 spiro atoms. The van der Waals surface area contributed by atoms with Crippen LogP contribution in [0.2, 0.25) is 0 Å². The maximum absolute atomic E-state index is 13.3. The number of benzene rings is 4. The molecule has 2 aliphatic carbocycles. The van der Waals surface area contributed by atoms with Crippen LogP contribution in [0.15, 0.2) is 124 Å². The number of aromatic hydroxyl groups is 3. The summed E-state index contributed by atoms with van der Waals surface area (Å²) in [4.78, 5) is 25.8. The Morgan fingerprint density at radius 2 is 1.68 bits per heavy atom. The lowest BCUT2D eigenvalue weighted by atomic mass is 9.60. The van der Waals surface area contributed by atoms with E-state index in [1.165, 1.54) is 61.0 Å². The highest BCUT2D eigenvalue weighted by molar-refractivity contribution is 6.15.